The van der Waals surface area contributed by atoms with Crippen LogP contribution in [0.15, 0.2) is 42.5 Å². The number of hydrogen-bond acceptors (Lipinski definition) is 6. The van der Waals surface area contributed by atoms with Crippen LogP contribution in [0.25, 0.3) is 0 Å². The van der Waals surface area contributed by atoms with Crippen molar-refractivity contribution >= 4 is 27.5 Å². The lowest BCUT2D eigenvalue weighted by Crippen LogP contribution is -2.53. The van der Waals surface area contributed by atoms with Gasteiger partial charge < -0.3 is 19.7 Å². The van der Waals surface area contributed by atoms with E-state index in [9.17, 15) is 22.4 Å². The van der Waals surface area contributed by atoms with Gasteiger partial charge >= 0.3 is 0 Å². The van der Waals surface area contributed by atoms with Gasteiger partial charge in [-0.2, -0.15) is 0 Å². The SMILES string of the molecule is CC[C@H](C(=O)N[C@@H](C)CC)N(Cc1ccc(F)cc1)C(=O)CN(c1ccc2c(c1)OCCO2)S(=O)(=O)CC. The Morgan fingerprint density at radius 2 is 1.66 bits per heavy atom. The second-order valence-corrected chi connectivity index (χ2v) is 11.3. The van der Waals surface area contributed by atoms with Gasteiger partial charge in [-0.25, -0.2) is 12.8 Å². The second kappa shape index (κ2) is 12.9. The minimum absolute atomic E-state index is 0.00664. The minimum atomic E-state index is -3.88. The molecule has 1 heterocycles. The van der Waals surface area contributed by atoms with Gasteiger partial charge in [0, 0.05) is 18.7 Å². The van der Waals surface area contributed by atoms with E-state index in [2.05, 4.69) is 5.32 Å². The van der Waals surface area contributed by atoms with Gasteiger partial charge in [0.15, 0.2) is 11.5 Å². The molecule has 38 heavy (non-hydrogen) atoms. The average molecular weight is 550 g/mol. The Morgan fingerprint density at radius 1 is 1.00 bits per heavy atom. The molecule has 11 heteroatoms. The van der Waals surface area contributed by atoms with Crippen LogP contribution in [0.4, 0.5) is 10.1 Å². The lowest BCUT2D eigenvalue weighted by molar-refractivity contribution is -0.140. The van der Waals surface area contributed by atoms with Gasteiger partial charge in [0.1, 0.15) is 31.6 Å². The number of halogens is 1. The van der Waals surface area contributed by atoms with Crippen LogP contribution < -0.4 is 19.1 Å². The Kier molecular flexibility index (Phi) is 9.96. The number of carbonyl (C=O) groups excluding carboxylic acids is 2. The zero-order chi connectivity index (χ0) is 27.9. The fourth-order valence-corrected chi connectivity index (χ4v) is 5.11. The topological polar surface area (TPSA) is 105 Å². The van der Waals surface area contributed by atoms with Gasteiger partial charge in [-0.05, 0) is 56.5 Å². The van der Waals surface area contributed by atoms with E-state index in [1.807, 2.05) is 13.8 Å². The van der Waals surface area contributed by atoms with Crippen molar-refractivity contribution in [3.05, 3.63) is 53.8 Å². The average Bonchev–Trinajstić information content (AvgIpc) is 2.92. The van der Waals surface area contributed by atoms with Crippen molar-refractivity contribution < 1.29 is 31.9 Å². The number of amides is 2. The molecule has 208 valence electrons. The van der Waals surface area contributed by atoms with E-state index in [1.165, 1.54) is 42.2 Å². The highest BCUT2D eigenvalue weighted by Gasteiger charge is 2.33. The molecule has 2 aromatic carbocycles. The quantitative estimate of drug-likeness (QED) is 0.435. The molecular weight excluding hydrogens is 513 g/mol. The van der Waals surface area contributed by atoms with Crippen LogP contribution >= 0.6 is 0 Å². The Bertz CT molecular complexity index is 1220. The first-order valence-corrected chi connectivity index (χ1v) is 14.4. The summed E-state index contributed by atoms with van der Waals surface area (Å²) in [6, 6.07) is 9.38. The summed E-state index contributed by atoms with van der Waals surface area (Å²) in [5.41, 5.74) is 0.863. The van der Waals surface area contributed by atoms with Gasteiger partial charge in [-0.15, -0.1) is 0 Å². The second-order valence-electron chi connectivity index (χ2n) is 9.13. The standard InChI is InChI=1S/C27H36FN3O6S/c1-5-19(4)29-27(33)23(6-2)30(17-20-8-10-21(28)11-9-20)26(32)18-31(38(34,35)7-3)22-12-13-24-25(16-22)37-15-14-36-24/h8-13,16,19,23H,5-7,14-15,17-18H2,1-4H3,(H,29,33)/t19-,23+/m0/s1. The Hall–Kier alpha value is -3.34. The number of anilines is 1. The van der Waals surface area contributed by atoms with Gasteiger partial charge in [0.2, 0.25) is 21.8 Å². The van der Waals surface area contributed by atoms with E-state index in [-0.39, 0.29) is 29.9 Å². The molecule has 0 radical (unpaired) electrons. The fraction of sp³-hybridized carbons (Fsp3) is 0.481. The van der Waals surface area contributed by atoms with Gasteiger partial charge in [-0.1, -0.05) is 26.0 Å². The zero-order valence-electron chi connectivity index (χ0n) is 22.3. The van der Waals surface area contributed by atoms with Crippen molar-refractivity contribution in [3.8, 4) is 11.5 Å². The maximum atomic E-state index is 13.8. The summed E-state index contributed by atoms with van der Waals surface area (Å²) in [5.74, 6) is -0.676. The van der Waals surface area contributed by atoms with Crippen LogP contribution in [0.2, 0.25) is 0 Å². The smallest absolute Gasteiger partial charge is 0.244 e. The van der Waals surface area contributed by atoms with E-state index in [0.717, 1.165) is 4.31 Å². The number of sulfonamides is 1. The van der Waals surface area contributed by atoms with Gasteiger partial charge in [0.05, 0.1) is 11.4 Å². The Balaban J connectivity index is 1.97. The molecule has 2 aromatic rings. The van der Waals surface area contributed by atoms with E-state index in [1.54, 1.807) is 19.1 Å². The van der Waals surface area contributed by atoms with Gasteiger partial charge in [-0.3, -0.25) is 13.9 Å². The number of rotatable bonds is 12. The van der Waals surface area contributed by atoms with Crippen LogP contribution in [0.1, 0.15) is 46.1 Å². The monoisotopic (exact) mass is 549 g/mol. The van der Waals surface area contributed by atoms with Crippen LogP contribution in [-0.4, -0.2) is 62.7 Å². The molecule has 2 amide bonds. The fourth-order valence-electron chi connectivity index (χ4n) is 4.05. The van der Waals surface area contributed by atoms with Crippen molar-refractivity contribution in [2.24, 2.45) is 0 Å². The summed E-state index contributed by atoms with van der Waals surface area (Å²) in [7, 11) is -3.88. The largest absolute Gasteiger partial charge is 0.486 e. The number of benzene rings is 2. The Labute approximate surface area is 224 Å². The molecule has 0 unspecified atom stereocenters. The van der Waals surface area contributed by atoms with Gasteiger partial charge in [0.25, 0.3) is 0 Å². The highest BCUT2D eigenvalue weighted by Crippen LogP contribution is 2.35. The minimum Gasteiger partial charge on any atom is -0.486 e. The van der Waals surface area contributed by atoms with E-state index in [4.69, 9.17) is 9.47 Å². The summed E-state index contributed by atoms with van der Waals surface area (Å²) in [6.45, 7) is 7.28. The highest BCUT2D eigenvalue weighted by atomic mass is 32.2. The lowest BCUT2D eigenvalue weighted by Gasteiger charge is -2.33. The van der Waals surface area contributed by atoms with Crippen molar-refractivity contribution in [3.63, 3.8) is 0 Å². The summed E-state index contributed by atoms with van der Waals surface area (Å²) >= 11 is 0. The predicted molar refractivity (Wildman–Crippen MR) is 143 cm³/mol. The van der Waals surface area contributed by atoms with E-state index in [0.29, 0.717) is 43.1 Å². The molecule has 1 N–H and O–H groups in total. The summed E-state index contributed by atoms with van der Waals surface area (Å²) < 4.78 is 52.0. The van der Waals surface area contributed by atoms with Crippen LogP contribution in [0.3, 0.4) is 0 Å². The van der Waals surface area contributed by atoms with E-state index >= 15 is 0 Å². The third kappa shape index (κ3) is 7.15. The summed E-state index contributed by atoms with van der Waals surface area (Å²) in [4.78, 5) is 28.4. The maximum absolute atomic E-state index is 13.8. The molecule has 0 saturated carbocycles. The first-order chi connectivity index (χ1) is 18.1. The zero-order valence-corrected chi connectivity index (χ0v) is 23.1. The molecule has 0 aliphatic carbocycles. The molecule has 9 nitrogen and oxygen atoms in total. The third-order valence-corrected chi connectivity index (χ3v) is 8.19. The number of carbonyl (C=O) groups is 2. The molecule has 2 atom stereocenters. The normalized spacial score (nSPS) is 14.3. The maximum Gasteiger partial charge on any atom is 0.244 e. The van der Waals surface area contributed by atoms with Crippen LogP contribution in [0, 0.1) is 5.82 Å². The van der Waals surface area contributed by atoms with Crippen molar-refractivity contribution in [1.82, 2.24) is 10.2 Å². The number of nitrogens with zero attached hydrogens (tertiary/aromatic N) is 2. The van der Waals surface area contributed by atoms with Crippen molar-refractivity contribution in [2.45, 2.75) is 59.2 Å². The number of fused-ring (bicyclic) bond motifs is 1. The van der Waals surface area contributed by atoms with Crippen LogP contribution in [-0.2, 0) is 26.2 Å². The van der Waals surface area contributed by atoms with E-state index < -0.39 is 34.3 Å². The number of ether oxygens (including phenoxy) is 2. The van der Waals surface area contributed by atoms with Crippen molar-refractivity contribution in [2.75, 3.05) is 29.8 Å². The molecule has 1 aliphatic heterocycles. The van der Waals surface area contributed by atoms with Crippen LogP contribution in [0.5, 0.6) is 11.5 Å². The molecule has 1 aliphatic rings. The molecule has 0 fully saturated rings. The predicted octanol–water partition coefficient (Wildman–Crippen LogP) is 3.48. The molecule has 0 bridgehead atoms. The highest BCUT2D eigenvalue weighted by molar-refractivity contribution is 7.92. The first-order valence-electron chi connectivity index (χ1n) is 12.8. The molecule has 0 aromatic heterocycles. The third-order valence-electron chi connectivity index (χ3n) is 6.45. The number of hydrogen-bond donors (Lipinski definition) is 1. The summed E-state index contributed by atoms with van der Waals surface area (Å²) in [5, 5.41) is 2.92. The lowest BCUT2D eigenvalue weighted by atomic mass is 10.1. The molecular formula is C27H36FN3O6S. The molecule has 0 spiro atoms. The van der Waals surface area contributed by atoms with Crippen molar-refractivity contribution in [1.29, 1.82) is 0 Å². The summed E-state index contributed by atoms with van der Waals surface area (Å²) in [6.07, 6.45) is 1.01. The first kappa shape index (κ1) is 29.2. The molecule has 3 rings (SSSR count). The Morgan fingerprint density at radius 3 is 2.26 bits per heavy atom. The molecule has 0 saturated heterocycles. The number of nitrogens with one attached hydrogen (secondary N) is 1.